The number of methoxy groups -OCH3 is 1. The lowest BCUT2D eigenvalue weighted by atomic mass is 9.93. The Balaban J connectivity index is 1.56. The van der Waals surface area contributed by atoms with Crippen molar-refractivity contribution in [1.82, 2.24) is 13.9 Å². The van der Waals surface area contributed by atoms with Gasteiger partial charge in [0.1, 0.15) is 0 Å². The lowest BCUT2D eigenvalue weighted by molar-refractivity contribution is 0.122. The number of fused-ring (bicyclic) bond motifs is 1. The molecule has 0 aliphatic heterocycles. The summed E-state index contributed by atoms with van der Waals surface area (Å²) in [6.07, 6.45) is 5.58. The number of aromatic nitrogens is 2. The molecule has 9 heteroatoms. The van der Waals surface area contributed by atoms with Crippen LogP contribution in [0.25, 0.3) is 10.9 Å². The molecule has 2 aromatic carbocycles. The van der Waals surface area contributed by atoms with Crippen LogP contribution in [-0.2, 0) is 16.6 Å². The molecular weight excluding hydrogens is 442 g/mol. The number of benzene rings is 2. The molecule has 4 rings (SSSR count). The summed E-state index contributed by atoms with van der Waals surface area (Å²) in [6, 6.07) is 13.2. The van der Waals surface area contributed by atoms with Gasteiger partial charge in [-0.05, 0) is 37.3 Å². The summed E-state index contributed by atoms with van der Waals surface area (Å²) in [6.45, 7) is 0.433. The van der Waals surface area contributed by atoms with Crippen molar-refractivity contribution >= 4 is 20.9 Å². The number of rotatable bonds is 7. The van der Waals surface area contributed by atoms with Crippen LogP contribution >= 0.6 is 0 Å². The maximum atomic E-state index is 13.2. The van der Waals surface area contributed by atoms with Gasteiger partial charge in [0.15, 0.2) is 11.5 Å². The molecule has 3 aromatic rings. The fourth-order valence-electron chi connectivity index (χ4n) is 4.29. The van der Waals surface area contributed by atoms with Crippen LogP contribution in [0.5, 0.6) is 11.5 Å². The van der Waals surface area contributed by atoms with Gasteiger partial charge in [-0.15, -0.1) is 0 Å². The van der Waals surface area contributed by atoms with Crippen LogP contribution in [0.3, 0.4) is 0 Å². The van der Waals surface area contributed by atoms with Gasteiger partial charge in [0.25, 0.3) is 5.56 Å². The summed E-state index contributed by atoms with van der Waals surface area (Å²) in [7, 11) is -0.0327. The smallest absolute Gasteiger partial charge is 0.261 e. The zero-order valence-corrected chi connectivity index (χ0v) is 19.9. The van der Waals surface area contributed by atoms with Gasteiger partial charge in [-0.2, -0.15) is 0 Å². The molecule has 0 unspecified atom stereocenters. The average Bonchev–Trinajstić information content (AvgIpc) is 2.81. The number of nitrogens with zero attached hydrogens (tertiary/aromatic N) is 3. The number of hydrogen-bond donors (Lipinski definition) is 0. The maximum Gasteiger partial charge on any atom is 0.261 e. The molecule has 1 fully saturated rings. The second kappa shape index (κ2) is 9.52. The first-order valence-corrected chi connectivity index (χ1v) is 12.8. The van der Waals surface area contributed by atoms with Gasteiger partial charge in [-0.25, -0.2) is 17.7 Å². The van der Waals surface area contributed by atoms with Crippen LogP contribution < -0.4 is 15.0 Å². The van der Waals surface area contributed by atoms with E-state index >= 15 is 0 Å². The Labute approximate surface area is 193 Å². The monoisotopic (exact) mass is 471 g/mol. The third kappa shape index (κ3) is 5.20. The minimum atomic E-state index is -3.22. The molecule has 0 spiro atoms. The van der Waals surface area contributed by atoms with Gasteiger partial charge in [0.2, 0.25) is 10.0 Å². The summed E-state index contributed by atoms with van der Waals surface area (Å²) in [4.78, 5) is 17.6. The molecule has 1 aliphatic carbocycles. The van der Waals surface area contributed by atoms with Crippen molar-refractivity contribution in [1.29, 1.82) is 0 Å². The molecule has 33 heavy (non-hydrogen) atoms. The minimum absolute atomic E-state index is 0.0206. The Morgan fingerprint density at radius 1 is 1.09 bits per heavy atom. The highest BCUT2D eigenvalue weighted by Crippen LogP contribution is 2.34. The zero-order valence-electron chi connectivity index (χ0n) is 19.1. The second-order valence-corrected chi connectivity index (χ2v) is 10.6. The Bertz CT molecular complexity index is 1280. The van der Waals surface area contributed by atoms with Crippen molar-refractivity contribution in [2.45, 2.75) is 44.4 Å². The summed E-state index contributed by atoms with van der Waals surface area (Å²) in [5.41, 5.74) is 1.42. The topological polar surface area (TPSA) is 90.7 Å². The molecule has 1 heterocycles. The summed E-state index contributed by atoms with van der Waals surface area (Å²) in [5, 5.41) is 0.467. The third-order valence-corrected chi connectivity index (χ3v) is 7.62. The van der Waals surface area contributed by atoms with Gasteiger partial charge < -0.3 is 9.47 Å². The molecule has 0 saturated heterocycles. The van der Waals surface area contributed by atoms with Crippen molar-refractivity contribution in [3.05, 3.63) is 64.7 Å². The van der Waals surface area contributed by atoms with Gasteiger partial charge in [-0.1, -0.05) is 30.3 Å². The fraction of sp³-hybridized carbons (Fsp3) is 0.417. The van der Waals surface area contributed by atoms with Crippen molar-refractivity contribution in [3.8, 4) is 11.5 Å². The predicted octanol–water partition coefficient (Wildman–Crippen LogP) is 3.03. The van der Waals surface area contributed by atoms with Gasteiger partial charge in [0.05, 0.1) is 43.2 Å². The van der Waals surface area contributed by atoms with Crippen LogP contribution in [0.15, 0.2) is 53.6 Å². The number of hydrogen-bond acceptors (Lipinski definition) is 6. The average molecular weight is 472 g/mol. The van der Waals surface area contributed by atoms with Gasteiger partial charge >= 0.3 is 0 Å². The molecule has 0 amide bonds. The first-order valence-electron chi connectivity index (χ1n) is 11.0. The molecule has 0 bridgehead atoms. The fourth-order valence-corrected chi connectivity index (χ4v) is 5.04. The summed E-state index contributed by atoms with van der Waals surface area (Å²) < 4.78 is 38.4. The Morgan fingerprint density at radius 2 is 1.79 bits per heavy atom. The van der Waals surface area contributed by atoms with Gasteiger partial charge in [0, 0.05) is 19.2 Å². The lowest BCUT2D eigenvalue weighted by Crippen LogP contribution is -2.40. The van der Waals surface area contributed by atoms with E-state index in [0.29, 0.717) is 28.9 Å². The molecule has 8 nitrogen and oxygen atoms in total. The Hall–Kier alpha value is -2.91. The van der Waals surface area contributed by atoms with Crippen molar-refractivity contribution < 1.29 is 17.9 Å². The van der Waals surface area contributed by atoms with Crippen molar-refractivity contribution in [2.75, 3.05) is 20.4 Å². The molecule has 1 aliphatic rings. The highest BCUT2D eigenvalue weighted by atomic mass is 32.2. The van der Waals surface area contributed by atoms with E-state index in [1.54, 1.807) is 37.2 Å². The van der Waals surface area contributed by atoms with E-state index in [9.17, 15) is 13.2 Å². The van der Waals surface area contributed by atoms with Crippen LogP contribution in [0.1, 0.15) is 31.2 Å². The zero-order chi connectivity index (χ0) is 23.6. The second-order valence-electron chi connectivity index (χ2n) is 8.51. The SMILES string of the molecule is COc1cc2ncn(Cc3ccccc3)c(=O)c2cc1OC1CCC(N(C)S(C)(=O)=O)CC1. The molecule has 0 N–H and O–H groups in total. The number of sulfonamides is 1. The molecule has 1 aromatic heterocycles. The van der Waals surface area contributed by atoms with E-state index in [2.05, 4.69) is 4.98 Å². The van der Waals surface area contributed by atoms with E-state index in [1.165, 1.54) is 10.6 Å². The normalized spacial score (nSPS) is 19.0. The first-order chi connectivity index (χ1) is 15.8. The quantitative estimate of drug-likeness (QED) is 0.526. The van der Waals surface area contributed by atoms with Crippen molar-refractivity contribution in [2.24, 2.45) is 0 Å². The molecule has 0 atom stereocenters. The molecule has 176 valence electrons. The van der Waals surface area contributed by atoms with Crippen molar-refractivity contribution in [3.63, 3.8) is 0 Å². The summed E-state index contributed by atoms with van der Waals surface area (Å²) in [5.74, 6) is 1.02. The van der Waals surface area contributed by atoms with Crippen LogP contribution in [0.4, 0.5) is 0 Å². The van der Waals surface area contributed by atoms with Crippen LogP contribution in [0.2, 0.25) is 0 Å². The van der Waals surface area contributed by atoms with Gasteiger partial charge in [-0.3, -0.25) is 9.36 Å². The number of ether oxygens (including phenoxy) is 2. The maximum absolute atomic E-state index is 13.2. The van der Waals surface area contributed by atoms with E-state index in [1.807, 2.05) is 30.3 Å². The summed E-state index contributed by atoms with van der Waals surface area (Å²) >= 11 is 0. The molecular formula is C24H29N3O5S. The highest BCUT2D eigenvalue weighted by Gasteiger charge is 2.29. The third-order valence-electron chi connectivity index (χ3n) is 6.28. The van der Waals surface area contributed by atoms with E-state index in [4.69, 9.17) is 9.47 Å². The standard InChI is InChI=1S/C24H29N3O5S/c1-26(33(3,29)30)18-9-11-19(12-10-18)32-23-13-20-21(14-22(23)31-2)25-16-27(24(20)28)15-17-7-5-4-6-8-17/h4-8,13-14,16,18-19H,9-12,15H2,1-3H3. The Morgan fingerprint density at radius 3 is 2.42 bits per heavy atom. The van der Waals surface area contributed by atoms with E-state index in [0.717, 1.165) is 31.2 Å². The molecule has 1 saturated carbocycles. The lowest BCUT2D eigenvalue weighted by Gasteiger charge is -2.33. The Kier molecular flexibility index (Phi) is 6.71. The predicted molar refractivity (Wildman–Crippen MR) is 127 cm³/mol. The largest absolute Gasteiger partial charge is 0.493 e. The minimum Gasteiger partial charge on any atom is -0.493 e. The van der Waals surface area contributed by atoms with E-state index < -0.39 is 10.0 Å². The van der Waals surface area contributed by atoms with Crippen LogP contribution in [-0.4, -0.2) is 54.8 Å². The van der Waals surface area contributed by atoms with Crippen LogP contribution in [0, 0.1) is 0 Å². The first kappa shape index (κ1) is 23.3. The molecule has 0 radical (unpaired) electrons. The highest BCUT2D eigenvalue weighted by molar-refractivity contribution is 7.88. The van der Waals surface area contributed by atoms with E-state index in [-0.39, 0.29) is 17.7 Å².